The van der Waals surface area contributed by atoms with Crippen LogP contribution in [0.5, 0.6) is 0 Å². The molecular formula is C11H16N2O. The summed E-state index contributed by atoms with van der Waals surface area (Å²) in [6.07, 6.45) is 3.03. The summed E-state index contributed by atoms with van der Waals surface area (Å²) in [5.74, 6) is 0.808. The molecule has 0 bridgehead atoms. The van der Waals surface area contributed by atoms with E-state index >= 15 is 0 Å². The average molecular weight is 192 g/mol. The summed E-state index contributed by atoms with van der Waals surface area (Å²) in [5.41, 5.74) is 0.844. The molecule has 14 heavy (non-hydrogen) atoms. The molecule has 0 saturated heterocycles. The van der Waals surface area contributed by atoms with Crippen LogP contribution in [0.2, 0.25) is 0 Å². The number of aliphatic hydroxyl groups is 1. The molecule has 0 aliphatic heterocycles. The average Bonchev–Trinajstić information content (AvgIpc) is 2.18. The predicted octanol–water partition coefficient (Wildman–Crippen LogP) is 1.76. The van der Waals surface area contributed by atoms with Crippen molar-refractivity contribution < 1.29 is 5.11 Å². The fraction of sp³-hybridized carbons (Fsp3) is 0.364. The van der Waals surface area contributed by atoms with Gasteiger partial charge in [-0.1, -0.05) is 12.1 Å². The normalized spacial score (nSPS) is 12.2. The molecule has 76 valence electrons. The van der Waals surface area contributed by atoms with E-state index in [0.717, 1.165) is 17.9 Å². The lowest BCUT2D eigenvalue weighted by Crippen LogP contribution is -2.20. The zero-order chi connectivity index (χ0) is 10.6. The van der Waals surface area contributed by atoms with Gasteiger partial charge in [0.05, 0.1) is 6.10 Å². The molecule has 1 atom stereocenters. The third-order valence-electron chi connectivity index (χ3n) is 2.03. The molecule has 0 aliphatic carbocycles. The standard InChI is InChI=1S/C11H16N2O/c1-4-8-13(3)11-10(9(2)14)6-5-7-12-11/h4-7,9,14H,1,8H2,2-3H3. The van der Waals surface area contributed by atoms with Gasteiger partial charge in [-0.2, -0.15) is 0 Å². The number of nitrogens with zero attached hydrogens (tertiary/aromatic N) is 2. The number of anilines is 1. The first-order valence-electron chi connectivity index (χ1n) is 4.61. The van der Waals surface area contributed by atoms with Crippen LogP contribution in [0.3, 0.4) is 0 Å². The fourth-order valence-corrected chi connectivity index (χ4v) is 1.33. The van der Waals surface area contributed by atoms with E-state index in [9.17, 15) is 5.11 Å². The van der Waals surface area contributed by atoms with Crippen LogP contribution in [-0.4, -0.2) is 23.7 Å². The van der Waals surface area contributed by atoms with Crippen molar-refractivity contribution >= 4 is 5.82 Å². The second-order valence-corrected chi connectivity index (χ2v) is 3.26. The van der Waals surface area contributed by atoms with Crippen molar-refractivity contribution in [3.63, 3.8) is 0 Å². The van der Waals surface area contributed by atoms with E-state index in [1.54, 1.807) is 19.2 Å². The molecule has 1 aromatic rings. The van der Waals surface area contributed by atoms with Gasteiger partial charge in [-0.3, -0.25) is 0 Å². The van der Waals surface area contributed by atoms with Gasteiger partial charge in [-0.25, -0.2) is 4.98 Å². The molecule has 0 aliphatic rings. The second kappa shape index (κ2) is 4.77. The lowest BCUT2D eigenvalue weighted by atomic mass is 10.1. The van der Waals surface area contributed by atoms with E-state index in [1.807, 2.05) is 24.1 Å². The number of hydrogen-bond acceptors (Lipinski definition) is 3. The summed E-state index contributed by atoms with van der Waals surface area (Å²) in [4.78, 5) is 6.19. The third-order valence-corrected chi connectivity index (χ3v) is 2.03. The molecule has 3 nitrogen and oxygen atoms in total. The maximum Gasteiger partial charge on any atom is 0.134 e. The Morgan fingerprint density at radius 1 is 1.71 bits per heavy atom. The number of likely N-dealkylation sites (N-methyl/N-ethyl adjacent to an activating group) is 1. The van der Waals surface area contributed by atoms with Crippen LogP contribution < -0.4 is 4.90 Å². The Morgan fingerprint density at radius 3 is 3.00 bits per heavy atom. The summed E-state index contributed by atoms with van der Waals surface area (Å²) in [7, 11) is 1.93. The summed E-state index contributed by atoms with van der Waals surface area (Å²) < 4.78 is 0. The minimum absolute atomic E-state index is 0.494. The molecule has 1 rings (SSSR count). The molecule has 0 saturated carbocycles. The van der Waals surface area contributed by atoms with Crippen molar-refractivity contribution in [2.45, 2.75) is 13.0 Å². The summed E-state index contributed by atoms with van der Waals surface area (Å²) in [5, 5.41) is 9.53. The molecule has 0 fully saturated rings. The zero-order valence-corrected chi connectivity index (χ0v) is 8.64. The van der Waals surface area contributed by atoms with Crippen LogP contribution in [0, 0.1) is 0 Å². The van der Waals surface area contributed by atoms with Crippen molar-refractivity contribution in [1.29, 1.82) is 0 Å². The topological polar surface area (TPSA) is 36.4 Å². The minimum Gasteiger partial charge on any atom is -0.389 e. The Balaban J connectivity index is 2.99. The van der Waals surface area contributed by atoms with E-state index < -0.39 is 6.10 Å². The van der Waals surface area contributed by atoms with Crippen molar-refractivity contribution in [2.75, 3.05) is 18.5 Å². The van der Waals surface area contributed by atoms with E-state index in [1.165, 1.54) is 0 Å². The second-order valence-electron chi connectivity index (χ2n) is 3.26. The summed E-state index contributed by atoms with van der Waals surface area (Å²) >= 11 is 0. The third kappa shape index (κ3) is 2.33. The van der Waals surface area contributed by atoms with E-state index in [4.69, 9.17) is 0 Å². The van der Waals surface area contributed by atoms with Gasteiger partial charge in [0.2, 0.25) is 0 Å². The van der Waals surface area contributed by atoms with Gasteiger partial charge >= 0.3 is 0 Å². The number of pyridine rings is 1. The van der Waals surface area contributed by atoms with Crippen molar-refractivity contribution in [2.24, 2.45) is 0 Å². The Hall–Kier alpha value is -1.35. The quantitative estimate of drug-likeness (QED) is 0.738. The molecule has 0 radical (unpaired) electrons. The summed E-state index contributed by atoms with van der Waals surface area (Å²) in [6.45, 7) is 6.13. The van der Waals surface area contributed by atoms with Crippen LogP contribution in [0.15, 0.2) is 31.0 Å². The van der Waals surface area contributed by atoms with Gasteiger partial charge in [0.1, 0.15) is 5.82 Å². The zero-order valence-electron chi connectivity index (χ0n) is 8.64. The fourth-order valence-electron chi connectivity index (χ4n) is 1.33. The Kier molecular flexibility index (Phi) is 3.65. The van der Waals surface area contributed by atoms with Crippen LogP contribution in [0.1, 0.15) is 18.6 Å². The highest BCUT2D eigenvalue weighted by Crippen LogP contribution is 2.22. The molecule has 0 spiro atoms. The monoisotopic (exact) mass is 192 g/mol. The van der Waals surface area contributed by atoms with Gasteiger partial charge in [-0.05, 0) is 13.0 Å². The van der Waals surface area contributed by atoms with Crippen molar-refractivity contribution in [1.82, 2.24) is 4.98 Å². The van der Waals surface area contributed by atoms with Gasteiger partial charge in [0.25, 0.3) is 0 Å². The number of rotatable bonds is 4. The molecule has 1 N–H and O–H groups in total. The van der Waals surface area contributed by atoms with Gasteiger partial charge in [0.15, 0.2) is 0 Å². The summed E-state index contributed by atoms with van der Waals surface area (Å²) in [6, 6.07) is 3.71. The molecular weight excluding hydrogens is 176 g/mol. The van der Waals surface area contributed by atoms with E-state index in [-0.39, 0.29) is 0 Å². The SMILES string of the molecule is C=CCN(C)c1ncccc1C(C)O. The predicted molar refractivity (Wildman–Crippen MR) is 58.3 cm³/mol. The van der Waals surface area contributed by atoms with Gasteiger partial charge in [-0.15, -0.1) is 6.58 Å². The highest BCUT2D eigenvalue weighted by molar-refractivity contribution is 5.47. The first kappa shape index (κ1) is 10.7. The first-order valence-corrected chi connectivity index (χ1v) is 4.61. The molecule has 1 unspecified atom stereocenters. The molecule has 1 heterocycles. The van der Waals surface area contributed by atoms with E-state index in [2.05, 4.69) is 11.6 Å². The minimum atomic E-state index is -0.494. The Morgan fingerprint density at radius 2 is 2.43 bits per heavy atom. The Bertz CT molecular complexity index is 310. The van der Waals surface area contributed by atoms with E-state index in [0.29, 0.717) is 0 Å². The number of aliphatic hydroxyl groups excluding tert-OH is 1. The molecule has 0 aromatic carbocycles. The van der Waals surface area contributed by atoms with Crippen LogP contribution >= 0.6 is 0 Å². The van der Waals surface area contributed by atoms with Crippen LogP contribution in [0.25, 0.3) is 0 Å². The lowest BCUT2D eigenvalue weighted by Gasteiger charge is -2.20. The van der Waals surface area contributed by atoms with Crippen molar-refractivity contribution in [3.8, 4) is 0 Å². The highest BCUT2D eigenvalue weighted by atomic mass is 16.3. The first-order chi connectivity index (χ1) is 6.66. The molecule has 0 amide bonds. The highest BCUT2D eigenvalue weighted by Gasteiger charge is 2.10. The number of aromatic nitrogens is 1. The molecule has 1 aromatic heterocycles. The smallest absolute Gasteiger partial charge is 0.134 e. The Labute approximate surface area is 84.7 Å². The maximum absolute atomic E-state index is 9.53. The largest absolute Gasteiger partial charge is 0.389 e. The van der Waals surface area contributed by atoms with Crippen molar-refractivity contribution in [3.05, 3.63) is 36.5 Å². The lowest BCUT2D eigenvalue weighted by molar-refractivity contribution is 0.199. The van der Waals surface area contributed by atoms with Crippen LogP contribution in [-0.2, 0) is 0 Å². The van der Waals surface area contributed by atoms with Crippen LogP contribution in [0.4, 0.5) is 5.82 Å². The number of hydrogen-bond donors (Lipinski definition) is 1. The molecule has 3 heteroatoms. The van der Waals surface area contributed by atoms with Gasteiger partial charge in [0, 0.05) is 25.4 Å². The van der Waals surface area contributed by atoms with Gasteiger partial charge < -0.3 is 10.0 Å². The maximum atomic E-state index is 9.53.